The van der Waals surface area contributed by atoms with Crippen LogP contribution in [0.1, 0.15) is 47.7 Å². The fourth-order valence-corrected chi connectivity index (χ4v) is 5.34. The van der Waals surface area contributed by atoms with Crippen molar-refractivity contribution >= 4 is 23.4 Å². The number of carbonyl (C=O) groups excluding carboxylic acids is 3. The van der Waals surface area contributed by atoms with Crippen LogP contribution in [0.5, 0.6) is 5.75 Å². The van der Waals surface area contributed by atoms with Gasteiger partial charge in [0.05, 0.1) is 24.1 Å². The van der Waals surface area contributed by atoms with Crippen molar-refractivity contribution in [2.45, 2.75) is 57.4 Å². The predicted molar refractivity (Wildman–Crippen MR) is 130 cm³/mol. The van der Waals surface area contributed by atoms with E-state index >= 15 is 0 Å². The summed E-state index contributed by atoms with van der Waals surface area (Å²) in [6, 6.07) is 13.2. The van der Waals surface area contributed by atoms with Crippen LogP contribution >= 0.6 is 0 Å². The summed E-state index contributed by atoms with van der Waals surface area (Å²) in [6.07, 6.45) is 2.13. The van der Waals surface area contributed by atoms with Gasteiger partial charge in [0, 0.05) is 32.7 Å². The molecule has 1 N–H and O–H groups in total. The lowest BCUT2D eigenvalue weighted by molar-refractivity contribution is -0.143. The molecule has 8 nitrogen and oxygen atoms in total. The third kappa shape index (κ3) is 4.89. The number of hydrogen-bond donors (Lipinski definition) is 1. The lowest BCUT2D eigenvalue weighted by Gasteiger charge is -2.42. The zero-order valence-electron chi connectivity index (χ0n) is 20.2. The minimum atomic E-state index is -0.319. The Morgan fingerprint density at radius 3 is 2.71 bits per heavy atom. The number of hydrogen-bond acceptors (Lipinski definition) is 5. The second kappa shape index (κ2) is 9.70. The molecular weight excluding hydrogens is 446 g/mol. The summed E-state index contributed by atoms with van der Waals surface area (Å²) in [6.45, 7) is 3.09. The number of carbonyl (C=O) groups is 3. The number of benzene rings is 2. The number of nitrogens with one attached hydrogen (secondary N) is 1. The van der Waals surface area contributed by atoms with Gasteiger partial charge in [-0.3, -0.25) is 14.4 Å². The van der Waals surface area contributed by atoms with Gasteiger partial charge in [-0.25, -0.2) is 0 Å². The Balaban J connectivity index is 1.25. The van der Waals surface area contributed by atoms with E-state index in [0.717, 1.165) is 19.4 Å². The van der Waals surface area contributed by atoms with Crippen LogP contribution in [-0.4, -0.2) is 66.0 Å². The highest BCUT2D eigenvalue weighted by Gasteiger charge is 2.39. The summed E-state index contributed by atoms with van der Waals surface area (Å²) in [4.78, 5) is 41.4. The molecule has 3 heterocycles. The molecule has 0 saturated carbocycles. The fourth-order valence-electron chi connectivity index (χ4n) is 5.34. The number of anilines is 1. The molecule has 0 radical (unpaired) electrons. The van der Waals surface area contributed by atoms with Crippen molar-refractivity contribution in [3.05, 3.63) is 59.2 Å². The largest absolute Gasteiger partial charge is 0.490 e. The monoisotopic (exact) mass is 477 g/mol. The molecule has 3 aliphatic rings. The van der Waals surface area contributed by atoms with Gasteiger partial charge in [-0.05, 0) is 48.6 Å². The Morgan fingerprint density at radius 1 is 1.11 bits per heavy atom. The highest BCUT2D eigenvalue weighted by Crippen LogP contribution is 2.33. The van der Waals surface area contributed by atoms with E-state index in [1.165, 1.54) is 18.1 Å². The van der Waals surface area contributed by atoms with Crippen molar-refractivity contribution in [2.75, 3.05) is 25.5 Å². The van der Waals surface area contributed by atoms with Crippen molar-refractivity contribution in [1.82, 2.24) is 9.80 Å². The lowest BCUT2D eigenvalue weighted by atomic mass is 9.94. The molecule has 3 aliphatic heterocycles. The summed E-state index contributed by atoms with van der Waals surface area (Å²) < 4.78 is 12.3. The molecule has 3 amide bonds. The van der Waals surface area contributed by atoms with Gasteiger partial charge in [-0.1, -0.05) is 24.3 Å². The fraction of sp³-hybridized carbons (Fsp3) is 0.444. The predicted octanol–water partition coefficient (Wildman–Crippen LogP) is 3.00. The summed E-state index contributed by atoms with van der Waals surface area (Å²) >= 11 is 0. The number of ether oxygens (including phenoxy) is 2. The molecular formula is C27H31N3O5. The Labute approximate surface area is 205 Å². The average Bonchev–Trinajstić information content (AvgIpc) is 2.86. The number of amides is 3. The first-order valence-corrected chi connectivity index (χ1v) is 12.2. The van der Waals surface area contributed by atoms with E-state index in [0.29, 0.717) is 36.4 Å². The molecule has 2 aromatic rings. The summed E-state index contributed by atoms with van der Waals surface area (Å²) in [5, 5.41) is 2.71. The van der Waals surface area contributed by atoms with Gasteiger partial charge in [-0.2, -0.15) is 0 Å². The smallest absolute Gasteiger partial charge is 0.257 e. The quantitative estimate of drug-likeness (QED) is 0.734. The molecule has 184 valence electrons. The maximum Gasteiger partial charge on any atom is 0.257 e. The van der Waals surface area contributed by atoms with Crippen molar-refractivity contribution in [2.24, 2.45) is 0 Å². The number of likely N-dealkylation sites (N-methyl/N-ethyl adjacent to an activating group) is 1. The van der Waals surface area contributed by atoms with Crippen LogP contribution in [0, 0.1) is 0 Å². The molecule has 0 unspecified atom stereocenters. The third-order valence-electron chi connectivity index (χ3n) is 7.22. The van der Waals surface area contributed by atoms with E-state index in [1.807, 2.05) is 17.0 Å². The van der Waals surface area contributed by atoms with Crippen molar-refractivity contribution in [3.63, 3.8) is 0 Å². The zero-order valence-corrected chi connectivity index (χ0v) is 20.2. The highest BCUT2D eigenvalue weighted by atomic mass is 16.5. The minimum Gasteiger partial charge on any atom is -0.490 e. The molecule has 35 heavy (non-hydrogen) atoms. The van der Waals surface area contributed by atoms with Gasteiger partial charge in [0.2, 0.25) is 11.8 Å². The number of fused-ring (bicyclic) bond motifs is 3. The van der Waals surface area contributed by atoms with Crippen LogP contribution in [0.25, 0.3) is 0 Å². The van der Waals surface area contributed by atoms with E-state index in [9.17, 15) is 14.4 Å². The first-order chi connectivity index (χ1) is 16.9. The van der Waals surface area contributed by atoms with Crippen LogP contribution in [0.4, 0.5) is 5.69 Å². The Bertz CT molecular complexity index is 1150. The number of nitrogens with zero attached hydrogens (tertiary/aromatic N) is 2. The minimum absolute atomic E-state index is 0.106. The highest BCUT2D eigenvalue weighted by molar-refractivity contribution is 5.99. The average molecular weight is 478 g/mol. The molecule has 3 atom stereocenters. The normalized spacial score (nSPS) is 23.7. The third-order valence-corrected chi connectivity index (χ3v) is 7.22. The second-order valence-electron chi connectivity index (χ2n) is 9.60. The van der Waals surface area contributed by atoms with Crippen molar-refractivity contribution in [1.29, 1.82) is 0 Å². The first kappa shape index (κ1) is 23.4. The standard InChI is InChI=1S/C27H31N3O5/c1-17(31)28-20-7-10-24-22(13-20)27(33)29(2)23-9-8-21(35-25(23)16-34-24)14-26(32)30-12-11-18-5-3-4-6-19(18)15-30/h3-7,10,13,21,23,25H,8-9,11-12,14-16H2,1-2H3,(H,28,31)/t21-,23+,25-/m1/s1. The van der Waals surface area contributed by atoms with Gasteiger partial charge in [0.15, 0.2) is 0 Å². The molecule has 0 bridgehead atoms. The SMILES string of the molecule is CC(=O)Nc1ccc2c(c1)C(=O)N(C)[C@H]1CC[C@H](CC(=O)N3CCc4ccccc4C3)O[C@@H]1CO2. The van der Waals surface area contributed by atoms with Crippen molar-refractivity contribution < 1.29 is 23.9 Å². The maximum absolute atomic E-state index is 13.3. The molecule has 1 saturated heterocycles. The van der Waals surface area contributed by atoms with Gasteiger partial charge < -0.3 is 24.6 Å². The maximum atomic E-state index is 13.3. The Kier molecular flexibility index (Phi) is 6.47. The molecule has 8 heteroatoms. The van der Waals surface area contributed by atoms with Gasteiger partial charge in [0.1, 0.15) is 18.5 Å². The zero-order chi connectivity index (χ0) is 24.5. The van der Waals surface area contributed by atoms with Gasteiger partial charge >= 0.3 is 0 Å². The summed E-state index contributed by atoms with van der Waals surface area (Å²) in [5.41, 5.74) is 3.50. The molecule has 0 spiro atoms. The lowest BCUT2D eigenvalue weighted by Crippen LogP contribution is -2.54. The van der Waals surface area contributed by atoms with Crippen LogP contribution in [0.2, 0.25) is 0 Å². The molecule has 5 rings (SSSR count). The Morgan fingerprint density at radius 2 is 1.91 bits per heavy atom. The van der Waals surface area contributed by atoms with Crippen LogP contribution in [-0.2, 0) is 27.3 Å². The van der Waals surface area contributed by atoms with E-state index in [-0.39, 0.29) is 42.6 Å². The van der Waals surface area contributed by atoms with E-state index in [1.54, 1.807) is 30.1 Å². The van der Waals surface area contributed by atoms with Crippen molar-refractivity contribution in [3.8, 4) is 5.75 Å². The van der Waals surface area contributed by atoms with Gasteiger partial charge in [-0.15, -0.1) is 0 Å². The van der Waals surface area contributed by atoms with Gasteiger partial charge in [0.25, 0.3) is 5.91 Å². The first-order valence-electron chi connectivity index (χ1n) is 12.2. The Hall–Kier alpha value is -3.39. The molecule has 0 aromatic heterocycles. The van der Waals surface area contributed by atoms with Crippen LogP contribution in [0.15, 0.2) is 42.5 Å². The molecule has 0 aliphatic carbocycles. The second-order valence-corrected chi connectivity index (χ2v) is 9.60. The number of rotatable bonds is 3. The van der Waals surface area contributed by atoms with Crippen LogP contribution < -0.4 is 10.1 Å². The topological polar surface area (TPSA) is 88.2 Å². The van der Waals surface area contributed by atoms with Crippen LogP contribution in [0.3, 0.4) is 0 Å². The van der Waals surface area contributed by atoms with E-state index < -0.39 is 0 Å². The molecule has 2 aromatic carbocycles. The summed E-state index contributed by atoms with van der Waals surface area (Å²) in [7, 11) is 1.78. The summed E-state index contributed by atoms with van der Waals surface area (Å²) in [5.74, 6) is 0.192. The van der Waals surface area contributed by atoms with E-state index in [4.69, 9.17) is 9.47 Å². The van der Waals surface area contributed by atoms with E-state index in [2.05, 4.69) is 17.4 Å². The molecule has 1 fully saturated rings.